The molecule has 0 aromatic heterocycles. The number of terminal acetylenes is 1. The Bertz CT molecular complexity index is 1450. The molecule has 0 bridgehead atoms. The second-order valence-corrected chi connectivity index (χ2v) is 13.6. The molecule has 0 saturated heterocycles. The Balaban J connectivity index is 2.41. The third-order valence-corrected chi connectivity index (χ3v) is 9.98. The zero-order chi connectivity index (χ0) is 32.3. The van der Waals surface area contributed by atoms with E-state index in [0.717, 1.165) is 89.1 Å². The van der Waals surface area contributed by atoms with E-state index in [4.69, 9.17) is 6.42 Å². The van der Waals surface area contributed by atoms with Crippen LogP contribution in [0, 0.1) is 43.3 Å². The first-order chi connectivity index (χ1) is 21.2. The SMILES string of the molecule is C#CCCCc1cc(/C(=C(/C)CC(C)CCCC)C(CC)(CCC)CCCC)c(C)c(F)c1-c1cc(C)cc2ccccc12. The molecule has 3 aromatic carbocycles. The molecule has 0 nitrogen and oxygen atoms in total. The van der Waals surface area contributed by atoms with Gasteiger partial charge in [-0.15, -0.1) is 12.3 Å². The average Bonchev–Trinajstić information content (AvgIpc) is 3.01. The highest BCUT2D eigenvalue weighted by Gasteiger charge is 2.35. The van der Waals surface area contributed by atoms with Gasteiger partial charge in [0, 0.05) is 12.0 Å². The van der Waals surface area contributed by atoms with E-state index in [0.29, 0.717) is 12.3 Å². The number of fused-ring (bicyclic) bond motifs is 1. The number of halogens is 1. The maximum atomic E-state index is 17.3. The van der Waals surface area contributed by atoms with E-state index in [-0.39, 0.29) is 11.2 Å². The van der Waals surface area contributed by atoms with Gasteiger partial charge in [0.25, 0.3) is 0 Å². The average molecular weight is 595 g/mol. The molecule has 238 valence electrons. The second-order valence-electron chi connectivity index (χ2n) is 13.6. The summed E-state index contributed by atoms with van der Waals surface area (Å²) in [5.41, 5.74) is 8.90. The molecular formula is C43H59F. The zero-order valence-electron chi connectivity index (χ0n) is 29.3. The van der Waals surface area contributed by atoms with Crippen molar-refractivity contribution >= 4 is 16.3 Å². The first-order valence-corrected chi connectivity index (χ1v) is 17.6. The molecule has 0 radical (unpaired) electrons. The molecule has 3 aromatic rings. The molecule has 0 aliphatic rings. The van der Waals surface area contributed by atoms with Crippen molar-refractivity contribution in [3.63, 3.8) is 0 Å². The zero-order valence-corrected chi connectivity index (χ0v) is 29.3. The Hall–Kier alpha value is -2.85. The van der Waals surface area contributed by atoms with E-state index in [9.17, 15) is 0 Å². The monoisotopic (exact) mass is 594 g/mol. The van der Waals surface area contributed by atoms with Gasteiger partial charge in [0.05, 0.1) is 0 Å². The molecular weight excluding hydrogens is 535 g/mol. The van der Waals surface area contributed by atoms with Gasteiger partial charge >= 0.3 is 0 Å². The summed E-state index contributed by atoms with van der Waals surface area (Å²) in [6.45, 7) is 18.2. The summed E-state index contributed by atoms with van der Waals surface area (Å²) in [6, 6.07) is 15.2. The summed E-state index contributed by atoms with van der Waals surface area (Å²) in [4.78, 5) is 0. The minimum atomic E-state index is -0.0599. The van der Waals surface area contributed by atoms with Crippen molar-refractivity contribution in [3.05, 3.63) is 76.1 Å². The van der Waals surface area contributed by atoms with Crippen molar-refractivity contribution in [2.75, 3.05) is 0 Å². The van der Waals surface area contributed by atoms with Gasteiger partial charge in [-0.05, 0) is 115 Å². The minimum Gasteiger partial charge on any atom is -0.206 e. The molecule has 0 amide bonds. The lowest BCUT2D eigenvalue weighted by Gasteiger charge is -2.39. The van der Waals surface area contributed by atoms with E-state index >= 15 is 4.39 Å². The summed E-state index contributed by atoms with van der Waals surface area (Å²) in [5.74, 6) is 3.38. The highest BCUT2D eigenvalue weighted by Crippen LogP contribution is 2.51. The highest BCUT2D eigenvalue weighted by atomic mass is 19.1. The van der Waals surface area contributed by atoms with Crippen molar-refractivity contribution in [2.24, 2.45) is 11.3 Å². The number of hydrogen-bond donors (Lipinski definition) is 0. The molecule has 0 fully saturated rings. The van der Waals surface area contributed by atoms with Crippen LogP contribution in [0.3, 0.4) is 0 Å². The van der Waals surface area contributed by atoms with Gasteiger partial charge in [-0.2, -0.15) is 0 Å². The predicted molar refractivity (Wildman–Crippen MR) is 194 cm³/mol. The number of aryl methyl sites for hydroxylation is 2. The van der Waals surface area contributed by atoms with Crippen LogP contribution in [-0.4, -0.2) is 0 Å². The summed E-state index contributed by atoms with van der Waals surface area (Å²) in [5, 5.41) is 2.26. The van der Waals surface area contributed by atoms with Gasteiger partial charge < -0.3 is 0 Å². The Morgan fingerprint density at radius 2 is 1.66 bits per heavy atom. The third kappa shape index (κ3) is 8.24. The molecule has 0 aliphatic carbocycles. The predicted octanol–water partition coefficient (Wildman–Crippen LogP) is 13.6. The van der Waals surface area contributed by atoms with Gasteiger partial charge in [-0.1, -0.05) is 121 Å². The smallest absolute Gasteiger partial charge is 0.134 e. The molecule has 0 saturated carbocycles. The molecule has 3 rings (SSSR count). The van der Waals surface area contributed by atoms with Crippen molar-refractivity contribution < 1.29 is 4.39 Å². The fraction of sp³-hybridized carbons (Fsp3) is 0.535. The molecule has 0 aliphatic heterocycles. The lowest BCUT2D eigenvalue weighted by molar-refractivity contribution is 0.310. The van der Waals surface area contributed by atoms with Crippen LogP contribution < -0.4 is 0 Å². The molecule has 0 N–H and O–H groups in total. The van der Waals surface area contributed by atoms with Gasteiger partial charge in [0.15, 0.2) is 0 Å². The van der Waals surface area contributed by atoms with E-state index in [1.165, 1.54) is 43.3 Å². The van der Waals surface area contributed by atoms with Crippen LogP contribution in [0.5, 0.6) is 0 Å². The van der Waals surface area contributed by atoms with Crippen molar-refractivity contribution in [1.82, 2.24) is 0 Å². The maximum absolute atomic E-state index is 17.3. The maximum Gasteiger partial charge on any atom is 0.134 e. The van der Waals surface area contributed by atoms with Crippen LogP contribution in [0.2, 0.25) is 0 Å². The van der Waals surface area contributed by atoms with Crippen LogP contribution in [-0.2, 0) is 6.42 Å². The fourth-order valence-electron chi connectivity index (χ4n) is 7.74. The normalized spacial score (nSPS) is 14.3. The molecule has 2 unspecified atom stereocenters. The molecule has 0 heterocycles. The number of unbranched alkanes of at least 4 members (excludes halogenated alkanes) is 3. The Morgan fingerprint density at radius 3 is 2.32 bits per heavy atom. The first-order valence-electron chi connectivity index (χ1n) is 17.6. The number of benzene rings is 3. The minimum absolute atomic E-state index is 0.0458. The van der Waals surface area contributed by atoms with Crippen LogP contribution in [0.15, 0.2) is 48.0 Å². The number of hydrogen-bond acceptors (Lipinski definition) is 0. The molecule has 0 spiro atoms. The number of allylic oxidation sites excluding steroid dienone is 2. The van der Waals surface area contributed by atoms with Gasteiger partial charge in [0.2, 0.25) is 0 Å². The molecule has 44 heavy (non-hydrogen) atoms. The highest BCUT2D eigenvalue weighted by molar-refractivity contribution is 5.98. The van der Waals surface area contributed by atoms with Crippen molar-refractivity contribution in [1.29, 1.82) is 0 Å². The largest absolute Gasteiger partial charge is 0.206 e. The second kappa shape index (κ2) is 17.0. The fourth-order valence-corrected chi connectivity index (χ4v) is 7.74. The van der Waals surface area contributed by atoms with Gasteiger partial charge in [-0.3, -0.25) is 0 Å². The Morgan fingerprint density at radius 1 is 0.932 bits per heavy atom. The molecule has 2 atom stereocenters. The van der Waals surface area contributed by atoms with Crippen LogP contribution >= 0.6 is 0 Å². The topological polar surface area (TPSA) is 0 Å². The number of rotatable bonds is 17. The Labute approximate surface area is 269 Å². The van der Waals surface area contributed by atoms with E-state index in [1.807, 2.05) is 6.92 Å². The summed E-state index contributed by atoms with van der Waals surface area (Å²) < 4.78 is 17.3. The standard InChI is InChI=1S/C43H59F/c1-10-15-18-23-36-30-38(34(9)42(44)40(36)39-29-32(7)28-35-22-19-20-24-37(35)39)41(33(8)27-31(6)21-16-11-2)43(14-5,25-13-4)26-17-12-3/h1,19-20,22,24,28-31H,11-18,21,23,25-27H2,2-9H3/b41-33+. The van der Waals surface area contributed by atoms with E-state index in [2.05, 4.69) is 96.9 Å². The molecule has 1 heteroatoms. The van der Waals surface area contributed by atoms with Crippen LogP contribution in [0.4, 0.5) is 4.39 Å². The quantitative estimate of drug-likeness (QED) is 0.108. The third-order valence-electron chi connectivity index (χ3n) is 9.98. The Kier molecular flexibility index (Phi) is 13.8. The van der Waals surface area contributed by atoms with Crippen LogP contribution in [0.1, 0.15) is 141 Å². The van der Waals surface area contributed by atoms with E-state index in [1.54, 1.807) is 0 Å². The summed E-state index contributed by atoms with van der Waals surface area (Å²) >= 11 is 0. The summed E-state index contributed by atoms with van der Waals surface area (Å²) in [6.07, 6.45) is 19.7. The summed E-state index contributed by atoms with van der Waals surface area (Å²) in [7, 11) is 0. The van der Waals surface area contributed by atoms with Crippen molar-refractivity contribution in [2.45, 2.75) is 139 Å². The first kappa shape index (κ1) is 35.6. The van der Waals surface area contributed by atoms with Crippen molar-refractivity contribution in [3.8, 4) is 23.5 Å². The lowest BCUT2D eigenvalue weighted by atomic mass is 9.65. The van der Waals surface area contributed by atoms with E-state index < -0.39 is 0 Å². The van der Waals surface area contributed by atoms with Gasteiger partial charge in [0.1, 0.15) is 5.82 Å². The lowest BCUT2D eigenvalue weighted by Crippen LogP contribution is -2.24. The van der Waals surface area contributed by atoms with Gasteiger partial charge in [-0.25, -0.2) is 4.39 Å². The van der Waals surface area contributed by atoms with Crippen LogP contribution in [0.25, 0.3) is 27.5 Å².